The Morgan fingerprint density at radius 3 is 2.65 bits per heavy atom. The molecule has 4 aliphatic carbocycles. The minimum absolute atomic E-state index is 0.0359. The van der Waals surface area contributed by atoms with Gasteiger partial charge in [-0.2, -0.15) is 0 Å². The molecule has 23 heavy (non-hydrogen) atoms. The van der Waals surface area contributed by atoms with Crippen molar-refractivity contribution >= 4 is 17.5 Å². The summed E-state index contributed by atoms with van der Waals surface area (Å²) >= 11 is 0. The largest absolute Gasteiger partial charge is 0.273 e. The number of hydrogen-bond donors (Lipinski definition) is 0. The molecule has 1 aliphatic heterocycles. The molecule has 4 unspecified atom stereocenters. The summed E-state index contributed by atoms with van der Waals surface area (Å²) in [6, 6.07) is 9.35. The molecule has 6 rings (SSSR count). The van der Waals surface area contributed by atoms with E-state index in [1.165, 1.54) is 24.2 Å². The van der Waals surface area contributed by atoms with E-state index in [0.29, 0.717) is 23.4 Å². The summed E-state index contributed by atoms with van der Waals surface area (Å²) in [6.07, 6.45) is 11.0. The predicted octanol–water partition coefficient (Wildman–Crippen LogP) is 3.48. The lowest BCUT2D eigenvalue weighted by Gasteiger charge is -2.50. The van der Waals surface area contributed by atoms with Crippen molar-refractivity contribution in [1.82, 2.24) is 0 Å². The number of allylic oxidation sites excluding steroid dienone is 2. The van der Waals surface area contributed by atoms with Gasteiger partial charge in [0, 0.05) is 5.57 Å². The van der Waals surface area contributed by atoms with Crippen LogP contribution in [-0.2, 0) is 9.59 Å². The van der Waals surface area contributed by atoms with Crippen LogP contribution < -0.4 is 4.90 Å². The zero-order valence-corrected chi connectivity index (χ0v) is 12.9. The number of carbonyl (C=O) groups excluding carboxylic acids is 2. The monoisotopic (exact) mass is 305 g/mol. The summed E-state index contributed by atoms with van der Waals surface area (Å²) in [5.41, 5.74) is 0.741. The number of rotatable bonds is 1. The van der Waals surface area contributed by atoms with Crippen molar-refractivity contribution < 1.29 is 9.59 Å². The minimum Gasteiger partial charge on any atom is -0.273 e. The third-order valence-corrected chi connectivity index (χ3v) is 6.29. The molecule has 1 spiro atoms. The molecule has 1 aromatic rings. The average molecular weight is 305 g/mol. The van der Waals surface area contributed by atoms with Crippen LogP contribution in [0.1, 0.15) is 25.7 Å². The van der Waals surface area contributed by atoms with Gasteiger partial charge in [0.15, 0.2) is 0 Å². The lowest BCUT2D eigenvalue weighted by molar-refractivity contribution is -0.127. The molecule has 0 radical (unpaired) electrons. The van der Waals surface area contributed by atoms with E-state index in [0.717, 1.165) is 12.0 Å². The van der Waals surface area contributed by atoms with Crippen molar-refractivity contribution in [2.75, 3.05) is 4.90 Å². The quantitative estimate of drug-likeness (QED) is 0.588. The zero-order chi connectivity index (χ0) is 15.6. The first-order valence-electron chi connectivity index (χ1n) is 8.59. The van der Waals surface area contributed by atoms with Gasteiger partial charge in [-0.3, -0.25) is 9.59 Å². The first-order chi connectivity index (χ1) is 11.2. The highest BCUT2D eigenvalue weighted by atomic mass is 16.2. The van der Waals surface area contributed by atoms with Gasteiger partial charge in [-0.15, -0.1) is 0 Å². The van der Waals surface area contributed by atoms with Crippen LogP contribution in [0.25, 0.3) is 0 Å². The molecule has 2 bridgehead atoms. The third kappa shape index (κ3) is 1.50. The van der Waals surface area contributed by atoms with Crippen molar-refractivity contribution in [2.45, 2.75) is 25.7 Å². The number of carbonyl (C=O) groups is 2. The molecule has 4 atom stereocenters. The lowest BCUT2D eigenvalue weighted by atomic mass is 9.51. The highest BCUT2D eigenvalue weighted by molar-refractivity contribution is 6.32. The molecule has 2 fully saturated rings. The van der Waals surface area contributed by atoms with Crippen LogP contribution in [0.15, 0.2) is 54.1 Å². The SMILES string of the molecule is O=C1C2=CC3C=CC2(C(=O)N1c1ccccc1)C1CCCCC31. The zero-order valence-electron chi connectivity index (χ0n) is 12.9. The van der Waals surface area contributed by atoms with Crippen molar-refractivity contribution in [3.63, 3.8) is 0 Å². The Balaban J connectivity index is 1.68. The van der Waals surface area contributed by atoms with Crippen molar-refractivity contribution in [1.29, 1.82) is 0 Å². The van der Waals surface area contributed by atoms with E-state index in [2.05, 4.69) is 18.2 Å². The van der Waals surface area contributed by atoms with Crippen molar-refractivity contribution in [3.05, 3.63) is 54.1 Å². The van der Waals surface area contributed by atoms with E-state index in [-0.39, 0.29) is 11.8 Å². The number of para-hydroxylation sites is 1. The van der Waals surface area contributed by atoms with Crippen LogP contribution in [0.2, 0.25) is 0 Å². The molecule has 1 saturated carbocycles. The summed E-state index contributed by atoms with van der Waals surface area (Å²) in [7, 11) is 0. The number of anilines is 1. The highest BCUT2D eigenvalue weighted by Gasteiger charge is 2.64. The molecular weight excluding hydrogens is 286 g/mol. The summed E-state index contributed by atoms with van der Waals surface area (Å²) in [5, 5.41) is 0. The van der Waals surface area contributed by atoms with Crippen LogP contribution in [0, 0.1) is 23.2 Å². The first kappa shape index (κ1) is 13.3. The van der Waals surface area contributed by atoms with E-state index >= 15 is 0 Å². The topological polar surface area (TPSA) is 37.4 Å². The maximum absolute atomic E-state index is 13.4. The Hall–Kier alpha value is -2.16. The number of benzene rings is 1. The third-order valence-electron chi connectivity index (χ3n) is 6.29. The van der Waals surface area contributed by atoms with E-state index in [1.54, 1.807) is 0 Å². The van der Waals surface area contributed by atoms with Crippen LogP contribution in [0.5, 0.6) is 0 Å². The molecular formula is C20H19NO2. The minimum atomic E-state index is -0.688. The fourth-order valence-electron chi connectivity index (χ4n) is 5.32. The van der Waals surface area contributed by atoms with Gasteiger partial charge in [0.2, 0.25) is 5.91 Å². The fraction of sp³-hybridized carbons (Fsp3) is 0.400. The van der Waals surface area contributed by atoms with E-state index in [4.69, 9.17) is 0 Å². The average Bonchev–Trinajstić information content (AvgIpc) is 2.85. The summed E-state index contributed by atoms with van der Waals surface area (Å²) in [4.78, 5) is 27.8. The Kier molecular flexibility index (Phi) is 2.56. The Bertz CT molecular complexity index is 763. The van der Waals surface area contributed by atoms with E-state index < -0.39 is 5.41 Å². The second kappa shape index (κ2) is 4.44. The van der Waals surface area contributed by atoms with Gasteiger partial charge in [0.05, 0.1) is 5.69 Å². The summed E-state index contributed by atoms with van der Waals surface area (Å²) < 4.78 is 0. The lowest BCUT2D eigenvalue weighted by Crippen LogP contribution is -2.49. The summed E-state index contributed by atoms with van der Waals surface area (Å²) in [5.74, 6) is 1.02. The fourth-order valence-corrected chi connectivity index (χ4v) is 5.32. The molecule has 1 aromatic carbocycles. The van der Waals surface area contributed by atoms with Crippen LogP contribution >= 0.6 is 0 Å². The van der Waals surface area contributed by atoms with E-state index in [1.807, 2.05) is 30.3 Å². The number of amides is 2. The number of imide groups is 1. The predicted molar refractivity (Wildman–Crippen MR) is 87.5 cm³/mol. The van der Waals surface area contributed by atoms with Gasteiger partial charge in [0.25, 0.3) is 5.91 Å². The van der Waals surface area contributed by atoms with Gasteiger partial charge >= 0.3 is 0 Å². The number of hydrogen-bond acceptors (Lipinski definition) is 2. The van der Waals surface area contributed by atoms with Gasteiger partial charge in [-0.1, -0.05) is 49.3 Å². The normalized spacial score (nSPS) is 37.7. The molecule has 0 aromatic heterocycles. The first-order valence-corrected chi connectivity index (χ1v) is 8.59. The Labute approximate surface area is 135 Å². The van der Waals surface area contributed by atoms with Crippen LogP contribution in [0.4, 0.5) is 5.69 Å². The Morgan fingerprint density at radius 2 is 1.83 bits per heavy atom. The molecule has 3 heteroatoms. The molecule has 116 valence electrons. The summed E-state index contributed by atoms with van der Waals surface area (Å²) in [6.45, 7) is 0. The maximum atomic E-state index is 13.4. The van der Waals surface area contributed by atoms with Crippen LogP contribution in [0.3, 0.4) is 0 Å². The van der Waals surface area contributed by atoms with Gasteiger partial charge in [-0.25, -0.2) is 4.90 Å². The maximum Gasteiger partial charge on any atom is 0.262 e. The molecule has 2 amide bonds. The molecule has 1 heterocycles. The molecule has 5 aliphatic rings. The van der Waals surface area contributed by atoms with Crippen molar-refractivity contribution in [2.24, 2.45) is 23.2 Å². The standard InChI is InChI=1S/C20H19NO2/c22-18-17-12-13-10-11-20(17,16-9-5-4-8-15(13)16)19(23)21(18)14-6-2-1-3-7-14/h1-3,6-7,10-13,15-16H,4-5,8-9H2. The van der Waals surface area contributed by atoms with Crippen LogP contribution in [-0.4, -0.2) is 11.8 Å². The van der Waals surface area contributed by atoms with Crippen molar-refractivity contribution in [3.8, 4) is 0 Å². The second-order valence-corrected chi connectivity index (χ2v) is 7.22. The van der Waals surface area contributed by atoms with Gasteiger partial charge in [-0.05, 0) is 42.7 Å². The molecule has 0 N–H and O–H groups in total. The second-order valence-electron chi connectivity index (χ2n) is 7.22. The Morgan fingerprint density at radius 1 is 1.04 bits per heavy atom. The smallest absolute Gasteiger partial charge is 0.262 e. The molecule has 1 saturated heterocycles. The van der Waals surface area contributed by atoms with Gasteiger partial charge in [0.1, 0.15) is 5.41 Å². The molecule has 3 nitrogen and oxygen atoms in total. The van der Waals surface area contributed by atoms with Gasteiger partial charge < -0.3 is 0 Å². The highest BCUT2D eigenvalue weighted by Crippen LogP contribution is 2.61. The van der Waals surface area contributed by atoms with E-state index in [9.17, 15) is 9.59 Å². The number of nitrogens with zero attached hydrogens (tertiary/aromatic N) is 1.